The number of halogens is 1. The lowest BCUT2D eigenvalue weighted by molar-refractivity contribution is -0.141. The maximum Gasteiger partial charge on any atom is 0.326 e. The van der Waals surface area contributed by atoms with Crippen molar-refractivity contribution in [2.24, 2.45) is 0 Å². The number of β-amino-alcohol motifs (C(OH)–C–C–N with tert-alkyl or cyclic N) is 1. The normalized spacial score (nSPS) is 21.2. The number of hydrogen-bond donors (Lipinski definition) is 3. The first-order valence-corrected chi connectivity index (χ1v) is 6.24. The Labute approximate surface area is 119 Å². The minimum atomic E-state index is -1.19. The average Bonchev–Trinajstić information content (AvgIpc) is 2.83. The number of carboxylic acids is 1. The first-order chi connectivity index (χ1) is 9.92. The number of amides is 2. The number of methoxy groups -OCH3 is 1. The van der Waals surface area contributed by atoms with Crippen LogP contribution in [-0.2, 0) is 4.79 Å². The van der Waals surface area contributed by atoms with Gasteiger partial charge in [-0.3, -0.25) is 0 Å². The summed E-state index contributed by atoms with van der Waals surface area (Å²) in [6, 6.07) is 1.78. The number of nitrogens with one attached hydrogen (secondary N) is 1. The number of carbonyl (C=O) groups excluding carboxylic acids is 1. The summed E-state index contributed by atoms with van der Waals surface area (Å²) < 4.78 is 18.0. The van der Waals surface area contributed by atoms with Crippen molar-refractivity contribution in [3.05, 3.63) is 24.0 Å². The lowest BCUT2D eigenvalue weighted by atomic mass is 10.2. The Bertz CT molecular complexity index is 565. The molecule has 2 atom stereocenters. The Morgan fingerprint density at radius 2 is 2.19 bits per heavy atom. The molecular formula is C13H15FN2O5. The molecule has 114 valence electrons. The Hall–Kier alpha value is -2.35. The summed E-state index contributed by atoms with van der Waals surface area (Å²) in [4.78, 5) is 24.2. The maximum atomic E-state index is 13.1. The summed E-state index contributed by atoms with van der Waals surface area (Å²) in [5.74, 6) is -1.59. The van der Waals surface area contributed by atoms with Crippen LogP contribution in [-0.4, -0.2) is 52.9 Å². The summed E-state index contributed by atoms with van der Waals surface area (Å²) in [6.07, 6.45) is -0.907. The molecular weight excluding hydrogens is 283 g/mol. The molecule has 1 heterocycles. The van der Waals surface area contributed by atoms with Gasteiger partial charge in [-0.25, -0.2) is 14.0 Å². The number of aliphatic hydroxyl groups excluding tert-OH is 1. The third-order valence-corrected chi connectivity index (χ3v) is 3.23. The molecule has 1 aliphatic heterocycles. The molecule has 0 aliphatic carbocycles. The molecule has 0 spiro atoms. The maximum absolute atomic E-state index is 13.1. The third kappa shape index (κ3) is 3.22. The highest BCUT2D eigenvalue weighted by molar-refractivity contribution is 5.94. The van der Waals surface area contributed by atoms with Crippen molar-refractivity contribution >= 4 is 17.7 Å². The molecule has 1 aliphatic rings. The molecule has 0 unspecified atom stereocenters. The third-order valence-electron chi connectivity index (χ3n) is 3.23. The van der Waals surface area contributed by atoms with E-state index in [0.29, 0.717) is 0 Å². The van der Waals surface area contributed by atoms with Crippen LogP contribution in [0.4, 0.5) is 14.9 Å². The largest absolute Gasteiger partial charge is 0.494 e. The molecule has 1 aromatic rings. The number of nitrogens with zero attached hydrogens (tertiary/aromatic N) is 1. The topological polar surface area (TPSA) is 99.1 Å². The predicted octanol–water partition coefficient (Wildman–Crippen LogP) is 0.886. The van der Waals surface area contributed by atoms with Crippen LogP contribution in [0.25, 0.3) is 0 Å². The number of hydrogen-bond acceptors (Lipinski definition) is 4. The SMILES string of the molecule is COc1cc(F)ccc1NC(=O)N1C[C@@H](O)C[C@H]1C(=O)O. The Morgan fingerprint density at radius 1 is 1.48 bits per heavy atom. The number of ether oxygens (including phenoxy) is 1. The van der Waals surface area contributed by atoms with Gasteiger partial charge in [-0.2, -0.15) is 0 Å². The summed E-state index contributed by atoms with van der Waals surface area (Å²) in [5.41, 5.74) is 0.217. The highest BCUT2D eigenvalue weighted by atomic mass is 19.1. The molecule has 0 bridgehead atoms. The van der Waals surface area contributed by atoms with Gasteiger partial charge in [0.1, 0.15) is 17.6 Å². The average molecular weight is 298 g/mol. The fourth-order valence-electron chi connectivity index (χ4n) is 2.23. The molecule has 1 aromatic carbocycles. The number of anilines is 1. The van der Waals surface area contributed by atoms with Gasteiger partial charge in [0, 0.05) is 19.0 Å². The zero-order valence-corrected chi connectivity index (χ0v) is 11.2. The van der Waals surface area contributed by atoms with Crippen LogP contribution in [0.5, 0.6) is 5.75 Å². The molecule has 0 radical (unpaired) electrons. The van der Waals surface area contributed by atoms with Gasteiger partial charge in [0.2, 0.25) is 0 Å². The van der Waals surface area contributed by atoms with Crippen LogP contribution in [0.1, 0.15) is 6.42 Å². The van der Waals surface area contributed by atoms with E-state index in [1.807, 2.05) is 0 Å². The van der Waals surface area contributed by atoms with Gasteiger partial charge in [-0.1, -0.05) is 0 Å². The number of likely N-dealkylation sites (tertiary alicyclic amines) is 1. The molecule has 21 heavy (non-hydrogen) atoms. The Kier molecular flexibility index (Phi) is 4.27. The van der Waals surface area contributed by atoms with Gasteiger partial charge in [0.25, 0.3) is 0 Å². The van der Waals surface area contributed by atoms with Crippen LogP contribution < -0.4 is 10.1 Å². The van der Waals surface area contributed by atoms with Crippen LogP contribution in [0.15, 0.2) is 18.2 Å². The van der Waals surface area contributed by atoms with Crippen LogP contribution in [0, 0.1) is 5.82 Å². The first-order valence-electron chi connectivity index (χ1n) is 6.24. The fourth-order valence-corrected chi connectivity index (χ4v) is 2.23. The zero-order chi connectivity index (χ0) is 15.6. The van der Waals surface area contributed by atoms with E-state index in [4.69, 9.17) is 9.84 Å². The minimum absolute atomic E-state index is 0.0245. The quantitative estimate of drug-likeness (QED) is 0.769. The minimum Gasteiger partial charge on any atom is -0.494 e. The zero-order valence-electron chi connectivity index (χ0n) is 11.2. The molecule has 0 saturated carbocycles. The molecule has 1 saturated heterocycles. The van der Waals surface area contributed by atoms with Gasteiger partial charge in [0.05, 0.1) is 18.9 Å². The molecule has 2 amide bonds. The van der Waals surface area contributed by atoms with Gasteiger partial charge in [0.15, 0.2) is 0 Å². The lowest BCUT2D eigenvalue weighted by Crippen LogP contribution is -2.43. The molecule has 1 fully saturated rings. The fraction of sp³-hybridized carbons (Fsp3) is 0.385. The molecule has 7 nitrogen and oxygen atoms in total. The van der Waals surface area contributed by atoms with Crippen molar-refractivity contribution in [1.82, 2.24) is 4.90 Å². The van der Waals surface area contributed by atoms with Crippen molar-refractivity contribution < 1.29 is 28.9 Å². The predicted molar refractivity (Wildman–Crippen MR) is 70.7 cm³/mol. The summed E-state index contributed by atoms with van der Waals surface area (Å²) in [5, 5.41) is 21.0. The van der Waals surface area contributed by atoms with Crippen molar-refractivity contribution in [3.8, 4) is 5.75 Å². The van der Waals surface area contributed by atoms with Crippen LogP contribution in [0.3, 0.4) is 0 Å². The number of aliphatic hydroxyl groups is 1. The monoisotopic (exact) mass is 298 g/mol. The van der Waals surface area contributed by atoms with Gasteiger partial charge in [-0.15, -0.1) is 0 Å². The van der Waals surface area contributed by atoms with Crippen molar-refractivity contribution in [2.75, 3.05) is 19.0 Å². The number of aliphatic carboxylic acids is 1. The standard InChI is InChI=1S/C13H15FN2O5/c1-21-11-4-7(14)2-3-9(11)15-13(20)16-6-8(17)5-10(16)12(18)19/h2-4,8,10,17H,5-6H2,1H3,(H,15,20)(H,18,19)/t8-,10-/m0/s1. The van der Waals surface area contributed by atoms with E-state index >= 15 is 0 Å². The molecule has 0 aromatic heterocycles. The van der Waals surface area contributed by atoms with Crippen LogP contribution >= 0.6 is 0 Å². The number of carboxylic acid groups (broad SMARTS) is 1. The number of benzene rings is 1. The summed E-state index contributed by atoms with van der Waals surface area (Å²) in [7, 11) is 1.32. The van der Waals surface area contributed by atoms with E-state index < -0.39 is 30.0 Å². The molecule has 3 N–H and O–H groups in total. The second-order valence-electron chi connectivity index (χ2n) is 4.67. The van der Waals surface area contributed by atoms with E-state index in [1.165, 1.54) is 13.2 Å². The van der Waals surface area contributed by atoms with Crippen LogP contribution in [0.2, 0.25) is 0 Å². The second kappa shape index (κ2) is 5.96. The van der Waals surface area contributed by atoms with Crippen molar-refractivity contribution in [3.63, 3.8) is 0 Å². The number of urea groups is 1. The summed E-state index contributed by atoms with van der Waals surface area (Å²) in [6.45, 7) is -0.0771. The number of carbonyl (C=O) groups is 2. The van der Waals surface area contributed by atoms with E-state index in [0.717, 1.165) is 17.0 Å². The van der Waals surface area contributed by atoms with E-state index in [1.54, 1.807) is 0 Å². The smallest absolute Gasteiger partial charge is 0.326 e. The van der Waals surface area contributed by atoms with Gasteiger partial charge >= 0.3 is 12.0 Å². The number of rotatable bonds is 3. The highest BCUT2D eigenvalue weighted by Gasteiger charge is 2.39. The van der Waals surface area contributed by atoms with Crippen molar-refractivity contribution in [2.45, 2.75) is 18.6 Å². The van der Waals surface area contributed by atoms with Gasteiger partial charge < -0.3 is 25.2 Å². The Balaban J connectivity index is 2.16. The van der Waals surface area contributed by atoms with E-state index in [-0.39, 0.29) is 24.4 Å². The van der Waals surface area contributed by atoms with E-state index in [2.05, 4.69) is 5.32 Å². The van der Waals surface area contributed by atoms with Crippen molar-refractivity contribution in [1.29, 1.82) is 0 Å². The lowest BCUT2D eigenvalue weighted by Gasteiger charge is -2.22. The second-order valence-corrected chi connectivity index (χ2v) is 4.67. The molecule has 8 heteroatoms. The summed E-state index contributed by atoms with van der Waals surface area (Å²) >= 11 is 0. The van der Waals surface area contributed by atoms with Gasteiger partial charge in [-0.05, 0) is 12.1 Å². The Morgan fingerprint density at radius 3 is 2.81 bits per heavy atom. The first kappa shape index (κ1) is 15.0. The van der Waals surface area contributed by atoms with E-state index in [9.17, 15) is 19.1 Å². The highest BCUT2D eigenvalue weighted by Crippen LogP contribution is 2.26. The molecule has 2 rings (SSSR count).